The van der Waals surface area contributed by atoms with E-state index >= 15 is 0 Å². The summed E-state index contributed by atoms with van der Waals surface area (Å²) in [5, 5.41) is 2.87. The quantitative estimate of drug-likeness (QED) is 0.832. The Morgan fingerprint density at radius 1 is 1.19 bits per heavy atom. The SMILES string of the molecule is C#CC(=O)N1CCN(CC(=O)Nc2ccc(C)cc2)CC1. The second kappa shape index (κ2) is 6.91. The van der Waals surface area contributed by atoms with Crippen molar-refractivity contribution in [2.24, 2.45) is 0 Å². The molecule has 1 aliphatic heterocycles. The van der Waals surface area contributed by atoms with Crippen molar-refractivity contribution in [3.63, 3.8) is 0 Å². The van der Waals surface area contributed by atoms with Gasteiger partial charge in [-0.3, -0.25) is 14.5 Å². The highest BCUT2D eigenvalue weighted by molar-refractivity contribution is 5.93. The molecule has 5 heteroatoms. The van der Waals surface area contributed by atoms with Gasteiger partial charge in [0.15, 0.2) is 0 Å². The van der Waals surface area contributed by atoms with Crippen LogP contribution in [-0.2, 0) is 9.59 Å². The molecule has 0 aromatic heterocycles. The number of anilines is 1. The largest absolute Gasteiger partial charge is 0.329 e. The fraction of sp³-hybridized carbons (Fsp3) is 0.375. The van der Waals surface area contributed by atoms with E-state index in [1.165, 1.54) is 0 Å². The van der Waals surface area contributed by atoms with Crippen LogP contribution in [0.25, 0.3) is 0 Å². The Kier molecular flexibility index (Phi) is 4.96. The minimum absolute atomic E-state index is 0.0458. The summed E-state index contributed by atoms with van der Waals surface area (Å²) >= 11 is 0. The first-order chi connectivity index (χ1) is 10.1. The molecular formula is C16H19N3O2. The molecule has 2 amide bonds. The normalized spacial score (nSPS) is 15.3. The van der Waals surface area contributed by atoms with Crippen molar-refractivity contribution < 1.29 is 9.59 Å². The number of hydrogen-bond donors (Lipinski definition) is 1. The van der Waals surface area contributed by atoms with E-state index in [1.54, 1.807) is 4.90 Å². The summed E-state index contributed by atoms with van der Waals surface area (Å²) in [6, 6.07) is 7.69. The Hall–Kier alpha value is -2.32. The number of nitrogens with one attached hydrogen (secondary N) is 1. The van der Waals surface area contributed by atoms with Gasteiger partial charge in [-0.25, -0.2) is 0 Å². The predicted molar refractivity (Wildman–Crippen MR) is 81.7 cm³/mol. The molecule has 0 saturated carbocycles. The lowest BCUT2D eigenvalue weighted by atomic mass is 10.2. The van der Waals surface area contributed by atoms with Crippen LogP contribution >= 0.6 is 0 Å². The van der Waals surface area contributed by atoms with E-state index in [4.69, 9.17) is 6.42 Å². The first kappa shape index (κ1) is 15.1. The maximum atomic E-state index is 12.0. The average Bonchev–Trinajstić information content (AvgIpc) is 2.49. The van der Waals surface area contributed by atoms with Crippen molar-refractivity contribution in [3.8, 4) is 12.3 Å². The standard InChI is InChI=1S/C16H19N3O2/c1-3-16(21)19-10-8-18(9-11-19)12-15(20)17-14-6-4-13(2)5-7-14/h1,4-7H,8-12H2,2H3,(H,17,20). The topological polar surface area (TPSA) is 52.7 Å². The third-order valence-electron chi connectivity index (χ3n) is 3.49. The molecule has 1 aromatic rings. The second-order valence-electron chi connectivity index (χ2n) is 5.13. The van der Waals surface area contributed by atoms with Gasteiger partial charge in [-0.15, -0.1) is 6.42 Å². The Morgan fingerprint density at radius 2 is 1.81 bits per heavy atom. The molecule has 0 spiro atoms. The van der Waals surface area contributed by atoms with Crippen molar-refractivity contribution in [2.45, 2.75) is 6.92 Å². The lowest BCUT2D eigenvalue weighted by Crippen LogP contribution is -2.50. The lowest BCUT2D eigenvalue weighted by Gasteiger charge is -2.33. The Labute approximate surface area is 124 Å². The molecule has 21 heavy (non-hydrogen) atoms. The number of terminal acetylenes is 1. The number of rotatable bonds is 3. The molecule has 1 aromatic carbocycles. The molecule has 0 unspecified atom stereocenters. The minimum atomic E-state index is -0.279. The number of piperazine rings is 1. The van der Waals surface area contributed by atoms with Crippen LogP contribution < -0.4 is 5.32 Å². The number of hydrogen-bond acceptors (Lipinski definition) is 3. The molecule has 0 radical (unpaired) electrons. The summed E-state index contributed by atoms with van der Waals surface area (Å²) < 4.78 is 0. The average molecular weight is 285 g/mol. The van der Waals surface area contributed by atoms with Gasteiger partial charge in [-0.2, -0.15) is 0 Å². The van der Waals surface area contributed by atoms with Crippen LogP contribution in [-0.4, -0.2) is 54.3 Å². The molecule has 1 fully saturated rings. The van der Waals surface area contributed by atoms with Crippen LogP contribution in [0.4, 0.5) is 5.69 Å². The molecule has 1 aliphatic rings. The number of aryl methyl sites for hydroxylation is 1. The van der Waals surface area contributed by atoms with E-state index in [0.29, 0.717) is 32.7 Å². The second-order valence-corrected chi connectivity index (χ2v) is 5.13. The molecule has 5 nitrogen and oxygen atoms in total. The van der Waals surface area contributed by atoms with Crippen molar-refractivity contribution >= 4 is 17.5 Å². The first-order valence-corrected chi connectivity index (χ1v) is 6.93. The summed E-state index contributed by atoms with van der Waals surface area (Å²) in [4.78, 5) is 27.0. The first-order valence-electron chi connectivity index (χ1n) is 6.93. The third-order valence-corrected chi connectivity index (χ3v) is 3.49. The zero-order valence-electron chi connectivity index (χ0n) is 12.1. The van der Waals surface area contributed by atoms with E-state index in [-0.39, 0.29) is 11.8 Å². The smallest absolute Gasteiger partial charge is 0.298 e. The molecule has 0 aliphatic carbocycles. The summed E-state index contributed by atoms with van der Waals surface area (Å²) in [5.74, 6) is 1.79. The number of nitrogens with zero attached hydrogens (tertiary/aromatic N) is 2. The van der Waals surface area contributed by atoms with Crippen LogP contribution in [0.5, 0.6) is 0 Å². The molecule has 0 bridgehead atoms. The van der Waals surface area contributed by atoms with Gasteiger partial charge in [0, 0.05) is 31.9 Å². The Balaban J connectivity index is 1.78. The van der Waals surface area contributed by atoms with Crippen molar-refractivity contribution in [2.75, 3.05) is 38.0 Å². The number of amides is 2. The number of carbonyl (C=O) groups excluding carboxylic acids is 2. The highest BCUT2D eigenvalue weighted by atomic mass is 16.2. The van der Waals surface area contributed by atoms with Gasteiger partial charge in [0.1, 0.15) is 0 Å². The van der Waals surface area contributed by atoms with E-state index in [0.717, 1.165) is 11.3 Å². The van der Waals surface area contributed by atoms with Gasteiger partial charge >= 0.3 is 0 Å². The molecule has 2 rings (SSSR count). The van der Waals surface area contributed by atoms with Crippen molar-refractivity contribution in [1.29, 1.82) is 0 Å². The maximum Gasteiger partial charge on any atom is 0.298 e. The summed E-state index contributed by atoms with van der Waals surface area (Å²) in [5.41, 5.74) is 1.95. The minimum Gasteiger partial charge on any atom is -0.329 e. The van der Waals surface area contributed by atoms with Crippen molar-refractivity contribution in [3.05, 3.63) is 29.8 Å². The summed E-state index contributed by atoms with van der Waals surface area (Å²) in [6.45, 7) is 4.79. The fourth-order valence-corrected chi connectivity index (χ4v) is 2.24. The Bertz CT molecular complexity index is 552. The fourth-order valence-electron chi connectivity index (χ4n) is 2.24. The molecule has 1 heterocycles. The number of benzene rings is 1. The molecular weight excluding hydrogens is 266 g/mol. The van der Waals surface area contributed by atoms with Crippen LogP contribution in [0, 0.1) is 19.3 Å². The molecule has 0 atom stereocenters. The van der Waals surface area contributed by atoms with Gasteiger partial charge in [0.05, 0.1) is 6.54 Å². The molecule has 110 valence electrons. The molecule has 1 N–H and O–H groups in total. The Morgan fingerprint density at radius 3 is 2.38 bits per heavy atom. The van der Waals surface area contributed by atoms with Gasteiger partial charge < -0.3 is 10.2 Å². The van der Waals surface area contributed by atoms with E-state index in [2.05, 4.69) is 11.2 Å². The molecule has 1 saturated heterocycles. The van der Waals surface area contributed by atoms with Crippen LogP contribution in [0.1, 0.15) is 5.56 Å². The van der Waals surface area contributed by atoms with Gasteiger partial charge in [-0.05, 0) is 25.0 Å². The zero-order valence-corrected chi connectivity index (χ0v) is 12.1. The van der Waals surface area contributed by atoms with E-state index in [9.17, 15) is 9.59 Å². The highest BCUT2D eigenvalue weighted by Gasteiger charge is 2.21. The highest BCUT2D eigenvalue weighted by Crippen LogP contribution is 2.09. The van der Waals surface area contributed by atoms with Crippen LogP contribution in [0.2, 0.25) is 0 Å². The maximum absolute atomic E-state index is 12.0. The summed E-state index contributed by atoms with van der Waals surface area (Å²) in [7, 11) is 0. The van der Waals surface area contributed by atoms with E-state index < -0.39 is 0 Å². The summed E-state index contributed by atoms with van der Waals surface area (Å²) in [6.07, 6.45) is 5.10. The predicted octanol–water partition coefficient (Wildman–Crippen LogP) is 0.711. The van der Waals surface area contributed by atoms with Crippen LogP contribution in [0.15, 0.2) is 24.3 Å². The number of carbonyl (C=O) groups is 2. The van der Waals surface area contributed by atoms with Gasteiger partial charge in [-0.1, -0.05) is 17.7 Å². The van der Waals surface area contributed by atoms with Gasteiger partial charge in [0.25, 0.3) is 5.91 Å². The van der Waals surface area contributed by atoms with Gasteiger partial charge in [0.2, 0.25) is 5.91 Å². The van der Waals surface area contributed by atoms with Crippen molar-refractivity contribution in [1.82, 2.24) is 9.80 Å². The third kappa shape index (κ3) is 4.33. The zero-order chi connectivity index (χ0) is 15.2. The lowest BCUT2D eigenvalue weighted by molar-refractivity contribution is -0.127. The van der Waals surface area contributed by atoms with E-state index in [1.807, 2.05) is 36.1 Å². The van der Waals surface area contributed by atoms with Crippen LogP contribution in [0.3, 0.4) is 0 Å². The monoisotopic (exact) mass is 285 g/mol.